The van der Waals surface area contributed by atoms with Crippen LogP contribution in [0.1, 0.15) is 46.5 Å². The highest BCUT2D eigenvalue weighted by Gasteiger charge is 2.33. The third kappa shape index (κ3) is 5.81. The Morgan fingerprint density at radius 1 is 1.32 bits per heavy atom. The summed E-state index contributed by atoms with van der Waals surface area (Å²) >= 11 is 0. The fourth-order valence-electron chi connectivity index (χ4n) is 2.25. The van der Waals surface area contributed by atoms with E-state index in [-0.39, 0.29) is 5.41 Å². The minimum atomic E-state index is 0.282. The fourth-order valence-corrected chi connectivity index (χ4v) is 2.25. The summed E-state index contributed by atoms with van der Waals surface area (Å²) in [6, 6.07) is 0. The number of hydrogen-bond acceptors (Lipinski definition) is 2. The van der Waals surface area contributed by atoms with E-state index in [9.17, 15) is 0 Å². The Morgan fingerprint density at radius 3 is 2.53 bits per heavy atom. The van der Waals surface area contributed by atoms with Crippen LogP contribution in [-0.2, 0) is 4.74 Å². The van der Waals surface area contributed by atoms with Gasteiger partial charge in [0, 0.05) is 25.6 Å². The molecular formula is C15H31N3O. The Bertz CT molecular complexity index is 275. The van der Waals surface area contributed by atoms with E-state index in [1.54, 1.807) is 0 Å². The average molecular weight is 269 g/mol. The van der Waals surface area contributed by atoms with Crippen LogP contribution >= 0.6 is 0 Å². The van der Waals surface area contributed by atoms with Gasteiger partial charge in [-0.2, -0.15) is 0 Å². The van der Waals surface area contributed by atoms with Crippen molar-refractivity contribution in [2.45, 2.75) is 46.5 Å². The average Bonchev–Trinajstić information content (AvgIpc) is 2.40. The van der Waals surface area contributed by atoms with Gasteiger partial charge >= 0.3 is 0 Å². The zero-order chi connectivity index (χ0) is 14.1. The van der Waals surface area contributed by atoms with E-state index in [2.05, 4.69) is 36.4 Å². The molecule has 112 valence electrons. The Labute approximate surface area is 118 Å². The first-order chi connectivity index (χ1) is 9.13. The van der Waals surface area contributed by atoms with Crippen molar-refractivity contribution in [3.8, 4) is 0 Å². The lowest BCUT2D eigenvalue weighted by Crippen LogP contribution is -2.51. The molecule has 1 atom stereocenters. The maximum atomic E-state index is 5.26. The van der Waals surface area contributed by atoms with Gasteiger partial charge in [0.25, 0.3) is 0 Å². The highest BCUT2D eigenvalue weighted by molar-refractivity contribution is 5.79. The molecule has 4 nitrogen and oxygen atoms in total. The van der Waals surface area contributed by atoms with Crippen molar-refractivity contribution in [2.24, 2.45) is 16.3 Å². The van der Waals surface area contributed by atoms with E-state index in [1.165, 1.54) is 25.7 Å². The lowest BCUT2D eigenvalue weighted by atomic mass is 9.89. The third-order valence-corrected chi connectivity index (χ3v) is 3.91. The van der Waals surface area contributed by atoms with Crippen molar-refractivity contribution in [2.75, 3.05) is 33.4 Å². The minimum Gasteiger partial charge on any atom is -0.380 e. The first-order valence-corrected chi connectivity index (χ1v) is 7.65. The van der Waals surface area contributed by atoms with Crippen molar-refractivity contribution < 1.29 is 4.74 Å². The molecular weight excluding hydrogens is 238 g/mol. The smallest absolute Gasteiger partial charge is 0.191 e. The van der Waals surface area contributed by atoms with Gasteiger partial charge < -0.3 is 15.4 Å². The van der Waals surface area contributed by atoms with E-state index in [0.717, 1.165) is 38.2 Å². The van der Waals surface area contributed by atoms with Crippen LogP contribution in [0.4, 0.5) is 0 Å². The molecule has 1 heterocycles. The maximum absolute atomic E-state index is 5.26. The van der Waals surface area contributed by atoms with Crippen molar-refractivity contribution in [1.29, 1.82) is 0 Å². The van der Waals surface area contributed by atoms with Crippen molar-refractivity contribution >= 4 is 5.96 Å². The lowest BCUT2D eigenvalue weighted by Gasteiger charge is -2.38. The van der Waals surface area contributed by atoms with Crippen LogP contribution in [0.2, 0.25) is 0 Å². The molecule has 0 aliphatic carbocycles. The molecule has 0 radical (unpaired) electrons. The summed E-state index contributed by atoms with van der Waals surface area (Å²) in [6.07, 6.45) is 5.14. The van der Waals surface area contributed by atoms with E-state index >= 15 is 0 Å². The predicted octanol–water partition coefficient (Wildman–Crippen LogP) is 2.40. The van der Waals surface area contributed by atoms with E-state index < -0.39 is 0 Å². The molecule has 0 saturated carbocycles. The molecule has 1 saturated heterocycles. The summed E-state index contributed by atoms with van der Waals surface area (Å²) in [6.45, 7) is 10.4. The minimum absolute atomic E-state index is 0.282. The number of aliphatic imine (C=N–C) groups is 1. The van der Waals surface area contributed by atoms with Gasteiger partial charge in [-0.15, -0.1) is 0 Å². The van der Waals surface area contributed by atoms with Gasteiger partial charge in [0.1, 0.15) is 0 Å². The molecule has 0 spiro atoms. The number of unbranched alkanes of at least 4 members (excludes halogenated alkanes) is 1. The number of nitrogens with one attached hydrogen (secondary N) is 2. The molecule has 0 bridgehead atoms. The first-order valence-electron chi connectivity index (χ1n) is 7.65. The van der Waals surface area contributed by atoms with Crippen molar-refractivity contribution in [3.05, 3.63) is 0 Å². The summed E-state index contributed by atoms with van der Waals surface area (Å²) < 4.78 is 5.26. The van der Waals surface area contributed by atoms with Crippen LogP contribution in [-0.4, -0.2) is 39.3 Å². The predicted molar refractivity (Wildman–Crippen MR) is 81.6 cm³/mol. The van der Waals surface area contributed by atoms with Crippen molar-refractivity contribution in [3.63, 3.8) is 0 Å². The fraction of sp³-hybridized carbons (Fsp3) is 0.933. The second-order valence-electron chi connectivity index (χ2n) is 6.03. The number of nitrogens with zero attached hydrogens (tertiary/aromatic N) is 1. The zero-order valence-electron chi connectivity index (χ0n) is 13.1. The normalized spacial score (nSPS) is 19.7. The second-order valence-corrected chi connectivity index (χ2v) is 6.03. The topological polar surface area (TPSA) is 45.7 Å². The SMILES string of the molecule is CCCCC(CC)CNC(=NC)NCC1(C)COC1. The largest absolute Gasteiger partial charge is 0.380 e. The van der Waals surface area contributed by atoms with Gasteiger partial charge in [0.15, 0.2) is 5.96 Å². The van der Waals surface area contributed by atoms with Gasteiger partial charge in [-0.25, -0.2) is 0 Å². The van der Waals surface area contributed by atoms with Gasteiger partial charge in [-0.3, -0.25) is 4.99 Å². The van der Waals surface area contributed by atoms with Crippen LogP contribution in [0.25, 0.3) is 0 Å². The second kappa shape index (κ2) is 8.41. The summed E-state index contributed by atoms with van der Waals surface area (Å²) in [4.78, 5) is 4.29. The molecule has 0 aromatic heterocycles. The van der Waals surface area contributed by atoms with Crippen LogP contribution < -0.4 is 10.6 Å². The van der Waals surface area contributed by atoms with Gasteiger partial charge in [-0.1, -0.05) is 40.0 Å². The van der Waals surface area contributed by atoms with Crippen LogP contribution in [0.5, 0.6) is 0 Å². The molecule has 0 amide bonds. The highest BCUT2D eigenvalue weighted by Crippen LogP contribution is 2.24. The Morgan fingerprint density at radius 2 is 2.05 bits per heavy atom. The van der Waals surface area contributed by atoms with Crippen molar-refractivity contribution in [1.82, 2.24) is 10.6 Å². The summed E-state index contributed by atoms with van der Waals surface area (Å²) in [5.74, 6) is 1.67. The van der Waals surface area contributed by atoms with Gasteiger partial charge in [0.2, 0.25) is 0 Å². The van der Waals surface area contributed by atoms with Crippen LogP contribution in [0, 0.1) is 11.3 Å². The highest BCUT2D eigenvalue weighted by atomic mass is 16.5. The first kappa shape index (κ1) is 16.3. The summed E-state index contributed by atoms with van der Waals surface area (Å²) in [7, 11) is 1.84. The van der Waals surface area contributed by atoms with Crippen LogP contribution in [0.3, 0.4) is 0 Å². The number of ether oxygens (including phenoxy) is 1. The van der Waals surface area contributed by atoms with E-state index in [4.69, 9.17) is 4.74 Å². The zero-order valence-corrected chi connectivity index (χ0v) is 13.1. The lowest BCUT2D eigenvalue weighted by molar-refractivity contribution is -0.0971. The summed E-state index contributed by atoms with van der Waals surface area (Å²) in [5.41, 5.74) is 0.282. The Hall–Kier alpha value is -0.770. The molecule has 1 fully saturated rings. The van der Waals surface area contributed by atoms with E-state index in [1.807, 2.05) is 7.05 Å². The summed E-state index contributed by atoms with van der Waals surface area (Å²) in [5, 5.41) is 6.85. The molecule has 2 N–H and O–H groups in total. The van der Waals surface area contributed by atoms with Crippen LogP contribution in [0.15, 0.2) is 4.99 Å². The molecule has 1 aliphatic rings. The molecule has 1 aliphatic heterocycles. The standard InChI is InChI=1S/C15H31N3O/c1-5-7-8-13(6-2)9-17-14(16-4)18-10-15(3)11-19-12-15/h13H,5-12H2,1-4H3,(H2,16,17,18). The number of guanidine groups is 1. The van der Waals surface area contributed by atoms with E-state index in [0.29, 0.717) is 0 Å². The molecule has 4 heteroatoms. The quantitative estimate of drug-likeness (QED) is 0.525. The number of hydrogen-bond donors (Lipinski definition) is 2. The molecule has 1 unspecified atom stereocenters. The Kier molecular flexibility index (Phi) is 7.21. The maximum Gasteiger partial charge on any atom is 0.191 e. The Balaban J connectivity index is 2.23. The monoisotopic (exact) mass is 269 g/mol. The van der Waals surface area contributed by atoms with Gasteiger partial charge in [0.05, 0.1) is 13.2 Å². The molecule has 19 heavy (non-hydrogen) atoms. The third-order valence-electron chi connectivity index (χ3n) is 3.91. The molecule has 0 aromatic carbocycles. The molecule has 1 rings (SSSR count). The molecule has 0 aromatic rings. The number of rotatable bonds is 8. The van der Waals surface area contributed by atoms with Gasteiger partial charge in [-0.05, 0) is 12.3 Å².